The Bertz CT molecular complexity index is 1090. The van der Waals surface area contributed by atoms with E-state index >= 15 is 0 Å². The van der Waals surface area contributed by atoms with Crippen molar-refractivity contribution in [3.05, 3.63) is 66.2 Å². The number of carbonyl (C=O) groups is 1. The molecule has 0 bridgehead atoms. The van der Waals surface area contributed by atoms with E-state index in [-0.39, 0.29) is 0 Å². The summed E-state index contributed by atoms with van der Waals surface area (Å²) in [6.45, 7) is 0. The van der Waals surface area contributed by atoms with Gasteiger partial charge < -0.3 is 5.11 Å². The van der Waals surface area contributed by atoms with E-state index in [0.29, 0.717) is 6.42 Å². The second-order valence-corrected chi connectivity index (χ2v) is 7.26. The fraction of sp³-hybridized carbons (Fsp3) is 0.240. The molecule has 0 spiro atoms. The fourth-order valence-corrected chi connectivity index (χ4v) is 4.01. The molecule has 0 aliphatic carbocycles. The number of hydrogen-bond acceptors (Lipinski definition) is 1. The van der Waals surface area contributed by atoms with Crippen molar-refractivity contribution in [2.45, 2.75) is 38.5 Å². The van der Waals surface area contributed by atoms with Gasteiger partial charge in [0.05, 0.1) is 0 Å². The van der Waals surface area contributed by atoms with E-state index in [0.717, 1.165) is 32.1 Å². The standard InChI is InChI=1S/C25H24O2/c26-23(27)11-6-4-2-1-3-5-8-18-12-13-21-15-14-19-9-7-10-20-16-17-22(18)25(21)24(19)20/h5,7-10,12-17H,1-4,6,11H2,(H,26,27). The Morgan fingerprint density at radius 2 is 1.44 bits per heavy atom. The summed E-state index contributed by atoms with van der Waals surface area (Å²) in [5.74, 6) is -0.691. The van der Waals surface area contributed by atoms with Gasteiger partial charge in [-0.3, -0.25) is 4.79 Å². The summed E-state index contributed by atoms with van der Waals surface area (Å²) < 4.78 is 0. The van der Waals surface area contributed by atoms with Crippen molar-refractivity contribution in [1.29, 1.82) is 0 Å². The van der Waals surface area contributed by atoms with Gasteiger partial charge in [0, 0.05) is 6.42 Å². The first-order valence-corrected chi connectivity index (χ1v) is 9.79. The lowest BCUT2D eigenvalue weighted by Crippen LogP contribution is -1.93. The van der Waals surface area contributed by atoms with Crippen LogP contribution < -0.4 is 0 Å². The van der Waals surface area contributed by atoms with Crippen molar-refractivity contribution in [1.82, 2.24) is 0 Å². The summed E-state index contributed by atoms with van der Waals surface area (Å²) in [4.78, 5) is 10.5. The van der Waals surface area contributed by atoms with Crippen LogP contribution in [0.25, 0.3) is 38.4 Å². The van der Waals surface area contributed by atoms with Crippen LogP contribution in [0.4, 0.5) is 0 Å². The molecule has 2 heteroatoms. The summed E-state index contributed by atoms with van der Waals surface area (Å²) in [6.07, 6.45) is 9.81. The average Bonchev–Trinajstić information content (AvgIpc) is 2.68. The van der Waals surface area contributed by atoms with Crippen molar-refractivity contribution < 1.29 is 9.90 Å². The maximum absolute atomic E-state index is 10.5. The molecule has 27 heavy (non-hydrogen) atoms. The minimum atomic E-state index is -0.691. The lowest BCUT2D eigenvalue weighted by atomic mass is 9.92. The molecule has 0 saturated carbocycles. The Balaban J connectivity index is 1.52. The lowest BCUT2D eigenvalue weighted by molar-refractivity contribution is -0.137. The Hall–Kier alpha value is -2.87. The number of unbranched alkanes of at least 4 members (excludes halogenated alkanes) is 4. The Morgan fingerprint density at radius 1 is 0.778 bits per heavy atom. The van der Waals surface area contributed by atoms with Crippen LogP contribution in [-0.2, 0) is 4.79 Å². The summed E-state index contributed by atoms with van der Waals surface area (Å²) >= 11 is 0. The van der Waals surface area contributed by atoms with Gasteiger partial charge in [0.2, 0.25) is 0 Å². The van der Waals surface area contributed by atoms with Crippen LogP contribution in [0.3, 0.4) is 0 Å². The highest BCUT2D eigenvalue weighted by atomic mass is 16.4. The number of rotatable bonds is 8. The van der Waals surface area contributed by atoms with E-state index in [4.69, 9.17) is 5.11 Å². The second kappa shape index (κ2) is 7.79. The van der Waals surface area contributed by atoms with Gasteiger partial charge in [0.15, 0.2) is 0 Å². The molecule has 0 fully saturated rings. The van der Waals surface area contributed by atoms with Crippen LogP contribution in [0.2, 0.25) is 0 Å². The molecule has 0 aliphatic heterocycles. The van der Waals surface area contributed by atoms with E-state index < -0.39 is 5.97 Å². The molecule has 0 unspecified atom stereocenters. The van der Waals surface area contributed by atoms with Gasteiger partial charge in [0.25, 0.3) is 0 Å². The van der Waals surface area contributed by atoms with Crippen LogP contribution in [-0.4, -0.2) is 11.1 Å². The Morgan fingerprint density at radius 3 is 2.22 bits per heavy atom. The average molecular weight is 356 g/mol. The number of hydrogen-bond donors (Lipinski definition) is 1. The zero-order chi connectivity index (χ0) is 18.6. The molecule has 2 nitrogen and oxygen atoms in total. The highest BCUT2D eigenvalue weighted by Crippen LogP contribution is 2.36. The van der Waals surface area contributed by atoms with Crippen LogP contribution in [0, 0.1) is 0 Å². The van der Waals surface area contributed by atoms with E-state index in [9.17, 15) is 4.79 Å². The molecular formula is C25H24O2. The molecule has 0 atom stereocenters. The largest absolute Gasteiger partial charge is 0.481 e. The van der Waals surface area contributed by atoms with Crippen molar-refractivity contribution in [2.75, 3.05) is 0 Å². The van der Waals surface area contributed by atoms with Crippen LogP contribution in [0.5, 0.6) is 0 Å². The van der Waals surface area contributed by atoms with Gasteiger partial charge in [-0.05, 0) is 57.1 Å². The molecule has 0 saturated heterocycles. The van der Waals surface area contributed by atoms with Gasteiger partial charge in [-0.1, -0.05) is 79.6 Å². The first-order valence-electron chi connectivity index (χ1n) is 9.79. The monoisotopic (exact) mass is 356 g/mol. The van der Waals surface area contributed by atoms with Crippen molar-refractivity contribution in [3.63, 3.8) is 0 Å². The molecule has 4 aromatic carbocycles. The molecule has 0 radical (unpaired) electrons. The number of carboxylic acids is 1. The first kappa shape index (κ1) is 17.5. The molecule has 0 heterocycles. The predicted molar refractivity (Wildman–Crippen MR) is 115 cm³/mol. The minimum absolute atomic E-state index is 0.290. The third kappa shape index (κ3) is 3.66. The van der Waals surface area contributed by atoms with Crippen LogP contribution >= 0.6 is 0 Å². The molecule has 136 valence electrons. The van der Waals surface area contributed by atoms with E-state index in [1.165, 1.54) is 37.9 Å². The Kier molecular flexibility index (Phi) is 5.06. The summed E-state index contributed by atoms with van der Waals surface area (Å²) in [5.41, 5.74) is 1.27. The van der Waals surface area contributed by atoms with Gasteiger partial charge in [-0.2, -0.15) is 0 Å². The maximum Gasteiger partial charge on any atom is 0.303 e. The highest BCUT2D eigenvalue weighted by molar-refractivity contribution is 6.24. The maximum atomic E-state index is 10.5. The molecule has 1 N–H and O–H groups in total. The molecule has 4 rings (SSSR count). The van der Waals surface area contributed by atoms with E-state index in [1.54, 1.807) is 0 Å². The molecule has 0 aliphatic rings. The van der Waals surface area contributed by atoms with Gasteiger partial charge >= 0.3 is 5.97 Å². The first-order chi connectivity index (χ1) is 13.2. The summed E-state index contributed by atoms with van der Waals surface area (Å²) in [7, 11) is 0. The molecule has 0 amide bonds. The van der Waals surface area contributed by atoms with Crippen molar-refractivity contribution in [2.24, 2.45) is 0 Å². The van der Waals surface area contributed by atoms with E-state index in [2.05, 4.69) is 66.7 Å². The molecular weight excluding hydrogens is 332 g/mol. The highest BCUT2D eigenvalue weighted by Gasteiger charge is 2.09. The van der Waals surface area contributed by atoms with Crippen molar-refractivity contribution in [3.8, 4) is 0 Å². The quantitative estimate of drug-likeness (QED) is 0.272. The third-order valence-electron chi connectivity index (χ3n) is 5.37. The SMILES string of the molecule is O=C(O)CCCCCCC=Cc1ccc2ccc3cccc4ccc1c2c34. The van der Waals surface area contributed by atoms with Gasteiger partial charge in [-0.15, -0.1) is 0 Å². The van der Waals surface area contributed by atoms with Crippen LogP contribution in [0.15, 0.2) is 60.7 Å². The zero-order valence-corrected chi connectivity index (χ0v) is 15.4. The van der Waals surface area contributed by atoms with Gasteiger partial charge in [-0.25, -0.2) is 0 Å². The predicted octanol–water partition coefficient (Wildman–Crippen LogP) is 7.02. The zero-order valence-electron chi connectivity index (χ0n) is 15.4. The van der Waals surface area contributed by atoms with Crippen molar-refractivity contribution >= 4 is 44.4 Å². The normalized spacial score (nSPS) is 12.0. The van der Waals surface area contributed by atoms with E-state index in [1.807, 2.05) is 0 Å². The topological polar surface area (TPSA) is 37.3 Å². The Labute approximate surface area is 159 Å². The molecule has 4 aromatic rings. The number of carboxylic acid groups (broad SMARTS) is 1. The summed E-state index contributed by atoms with van der Waals surface area (Å²) in [6, 6.07) is 19.8. The van der Waals surface area contributed by atoms with Gasteiger partial charge in [0.1, 0.15) is 0 Å². The second-order valence-electron chi connectivity index (χ2n) is 7.26. The lowest BCUT2D eigenvalue weighted by Gasteiger charge is -2.12. The number of aliphatic carboxylic acids is 1. The minimum Gasteiger partial charge on any atom is -0.481 e. The fourth-order valence-electron chi connectivity index (χ4n) is 4.01. The molecule has 0 aromatic heterocycles. The summed E-state index contributed by atoms with van der Waals surface area (Å²) in [5, 5.41) is 16.6. The van der Waals surface area contributed by atoms with Crippen LogP contribution in [0.1, 0.15) is 44.1 Å². The number of benzene rings is 4. The third-order valence-corrected chi connectivity index (χ3v) is 5.37. The smallest absolute Gasteiger partial charge is 0.303 e. The number of allylic oxidation sites excluding steroid dienone is 1.